The number of fused-ring (bicyclic) bond motifs is 1. The number of anilines is 1. The van der Waals surface area contributed by atoms with Crippen LogP contribution in [0.3, 0.4) is 0 Å². The molecule has 5 nitrogen and oxygen atoms in total. The van der Waals surface area contributed by atoms with Gasteiger partial charge in [-0.25, -0.2) is 0 Å². The van der Waals surface area contributed by atoms with Gasteiger partial charge in [-0.15, -0.1) is 0 Å². The zero-order valence-electron chi connectivity index (χ0n) is 14.2. The van der Waals surface area contributed by atoms with E-state index < -0.39 is 0 Å². The highest BCUT2D eigenvalue weighted by Crippen LogP contribution is 2.36. The van der Waals surface area contributed by atoms with Crippen molar-refractivity contribution < 1.29 is 9.47 Å². The Bertz CT molecular complexity index is 565. The average Bonchev–Trinajstić information content (AvgIpc) is 2.86. The van der Waals surface area contributed by atoms with Gasteiger partial charge in [-0.05, 0) is 30.4 Å². The van der Waals surface area contributed by atoms with Crippen LogP contribution in [-0.2, 0) is 0 Å². The Hall–Kier alpha value is -1.91. The highest BCUT2D eigenvalue weighted by atomic mass is 16.5. The van der Waals surface area contributed by atoms with Crippen molar-refractivity contribution in [1.82, 2.24) is 5.32 Å². The van der Waals surface area contributed by atoms with Crippen LogP contribution in [0.2, 0.25) is 0 Å². The Balaban J connectivity index is 1.61. The van der Waals surface area contributed by atoms with E-state index in [9.17, 15) is 0 Å². The third-order valence-corrected chi connectivity index (χ3v) is 4.73. The van der Waals surface area contributed by atoms with Crippen LogP contribution in [0.4, 0.5) is 5.69 Å². The number of nitrogens with one attached hydrogen (secondary N) is 2. The summed E-state index contributed by atoms with van der Waals surface area (Å²) in [6.45, 7) is 4.72. The monoisotopic (exact) mass is 317 g/mol. The van der Waals surface area contributed by atoms with Crippen molar-refractivity contribution in [3.8, 4) is 11.5 Å². The number of ether oxygens (including phenoxy) is 2. The Morgan fingerprint density at radius 3 is 2.61 bits per heavy atom. The van der Waals surface area contributed by atoms with Crippen molar-refractivity contribution in [2.75, 3.05) is 32.1 Å². The molecular weight excluding hydrogens is 290 g/mol. The average molecular weight is 317 g/mol. The summed E-state index contributed by atoms with van der Waals surface area (Å²) >= 11 is 0. The molecule has 126 valence electrons. The smallest absolute Gasteiger partial charge is 0.195 e. The number of hydrogen-bond acceptors (Lipinski definition) is 3. The first-order valence-corrected chi connectivity index (χ1v) is 8.56. The van der Waals surface area contributed by atoms with Crippen molar-refractivity contribution in [2.24, 2.45) is 10.4 Å². The van der Waals surface area contributed by atoms with E-state index in [2.05, 4.69) is 22.5 Å². The van der Waals surface area contributed by atoms with Gasteiger partial charge in [0.05, 0.1) is 13.2 Å². The molecule has 23 heavy (non-hydrogen) atoms. The van der Waals surface area contributed by atoms with Gasteiger partial charge in [0.15, 0.2) is 17.5 Å². The number of aliphatic imine (C=N–C) groups is 1. The third kappa shape index (κ3) is 4.09. The third-order valence-electron chi connectivity index (χ3n) is 4.73. The van der Waals surface area contributed by atoms with Crippen LogP contribution >= 0.6 is 0 Å². The SMILES string of the molecule is CN=C(NCC1(C)CCCC1)Nc1ccc2c(c1)OCCCO2. The summed E-state index contributed by atoms with van der Waals surface area (Å²) in [5, 5.41) is 6.80. The van der Waals surface area contributed by atoms with Crippen LogP contribution in [0.15, 0.2) is 23.2 Å². The van der Waals surface area contributed by atoms with Crippen molar-refractivity contribution >= 4 is 11.6 Å². The minimum Gasteiger partial charge on any atom is -0.490 e. The highest BCUT2D eigenvalue weighted by molar-refractivity contribution is 5.93. The molecule has 1 fully saturated rings. The second-order valence-electron chi connectivity index (χ2n) is 6.78. The van der Waals surface area contributed by atoms with Gasteiger partial charge in [0.2, 0.25) is 0 Å². The van der Waals surface area contributed by atoms with Gasteiger partial charge >= 0.3 is 0 Å². The first-order valence-electron chi connectivity index (χ1n) is 8.56. The van der Waals surface area contributed by atoms with Gasteiger partial charge in [0.1, 0.15) is 0 Å². The molecule has 5 heteroatoms. The molecule has 2 aliphatic rings. The first kappa shape index (κ1) is 16.0. The molecule has 1 aliphatic carbocycles. The summed E-state index contributed by atoms with van der Waals surface area (Å²) in [7, 11) is 1.80. The second-order valence-corrected chi connectivity index (χ2v) is 6.78. The van der Waals surface area contributed by atoms with Crippen molar-refractivity contribution in [3.05, 3.63) is 18.2 Å². The summed E-state index contributed by atoms with van der Waals surface area (Å²) in [6.07, 6.45) is 6.18. The molecule has 1 aromatic rings. The van der Waals surface area contributed by atoms with Crippen LogP contribution < -0.4 is 20.1 Å². The summed E-state index contributed by atoms with van der Waals surface area (Å²) in [4.78, 5) is 4.33. The molecule has 0 radical (unpaired) electrons. The minimum atomic E-state index is 0.391. The van der Waals surface area contributed by atoms with E-state index >= 15 is 0 Å². The maximum atomic E-state index is 5.74. The fourth-order valence-electron chi connectivity index (χ4n) is 3.26. The van der Waals surface area contributed by atoms with Gasteiger partial charge in [0, 0.05) is 31.8 Å². The lowest BCUT2D eigenvalue weighted by Gasteiger charge is -2.25. The number of hydrogen-bond donors (Lipinski definition) is 2. The van der Waals surface area contributed by atoms with Crippen LogP contribution in [0, 0.1) is 5.41 Å². The molecule has 0 aromatic heterocycles. The maximum absolute atomic E-state index is 5.74. The lowest BCUT2D eigenvalue weighted by Crippen LogP contribution is -2.38. The molecule has 1 heterocycles. The summed E-state index contributed by atoms with van der Waals surface area (Å²) in [6, 6.07) is 5.93. The highest BCUT2D eigenvalue weighted by Gasteiger charge is 2.28. The molecule has 0 spiro atoms. The molecule has 1 aliphatic heterocycles. The Labute approximate surface area is 138 Å². The van der Waals surface area contributed by atoms with Crippen LogP contribution in [0.25, 0.3) is 0 Å². The fourth-order valence-corrected chi connectivity index (χ4v) is 3.26. The lowest BCUT2D eigenvalue weighted by atomic mass is 9.89. The van der Waals surface area contributed by atoms with E-state index in [0.29, 0.717) is 18.6 Å². The zero-order chi connectivity index (χ0) is 16.1. The van der Waals surface area contributed by atoms with Crippen LogP contribution in [-0.4, -0.2) is 32.8 Å². The summed E-state index contributed by atoms with van der Waals surface area (Å²) in [5.74, 6) is 2.41. The number of nitrogens with zero attached hydrogens (tertiary/aromatic N) is 1. The van der Waals surface area contributed by atoms with Gasteiger partial charge in [-0.3, -0.25) is 4.99 Å². The minimum absolute atomic E-state index is 0.391. The maximum Gasteiger partial charge on any atom is 0.195 e. The molecule has 2 N–H and O–H groups in total. The van der Waals surface area contributed by atoms with E-state index in [4.69, 9.17) is 9.47 Å². The lowest BCUT2D eigenvalue weighted by molar-refractivity contribution is 0.297. The van der Waals surface area contributed by atoms with Crippen LogP contribution in [0.1, 0.15) is 39.0 Å². The molecule has 0 unspecified atom stereocenters. The summed E-state index contributed by atoms with van der Waals surface area (Å²) in [5.41, 5.74) is 1.35. The molecule has 0 bridgehead atoms. The number of rotatable bonds is 3. The van der Waals surface area contributed by atoms with Gasteiger partial charge in [-0.2, -0.15) is 0 Å². The van der Waals surface area contributed by atoms with E-state index in [1.807, 2.05) is 18.2 Å². The normalized spacial score (nSPS) is 20.0. The predicted octanol–water partition coefficient (Wildman–Crippen LogP) is 3.42. The molecule has 1 saturated carbocycles. The zero-order valence-corrected chi connectivity index (χ0v) is 14.2. The Morgan fingerprint density at radius 2 is 1.87 bits per heavy atom. The van der Waals surface area contributed by atoms with Crippen molar-refractivity contribution in [1.29, 1.82) is 0 Å². The Kier molecular flexibility index (Phi) is 4.94. The van der Waals surface area contributed by atoms with E-state index in [-0.39, 0.29) is 0 Å². The number of benzene rings is 1. The molecule has 0 amide bonds. The fraction of sp³-hybridized carbons (Fsp3) is 0.611. The largest absolute Gasteiger partial charge is 0.490 e. The first-order chi connectivity index (χ1) is 11.2. The molecule has 0 saturated heterocycles. The second kappa shape index (κ2) is 7.11. The van der Waals surface area contributed by atoms with Crippen molar-refractivity contribution in [2.45, 2.75) is 39.0 Å². The standard InChI is InChI=1S/C18H27N3O2/c1-18(8-3-4-9-18)13-20-17(19-2)21-14-6-7-15-16(12-14)23-11-5-10-22-15/h6-7,12H,3-5,8-11,13H2,1-2H3,(H2,19,20,21). The molecular formula is C18H27N3O2. The van der Waals surface area contributed by atoms with Crippen molar-refractivity contribution in [3.63, 3.8) is 0 Å². The van der Waals surface area contributed by atoms with Gasteiger partial charge in [-0.1, -0.05) is 19.8 Å². The van der Waals surface area contributed by atoms with E-state index in [1.165, 1.54) is 25.7 Å². The van der Waals surface area contributed by atoms with E-state index in [1.54, 1.807) is 7.05 Å². The van der Waals surface area contributed by atoms with Gasteiger partial charge < -0.3 is 20.1 Å². The van der Waals surface area contributed by atoms with Gasteiger partial charge in [0.25, 0.3) is 0 Å². The predicted molar refractivity (Wildman–Crippen MR) is 93.6 cm³/mol. The van der Waals surface area contributed by atoms with E-state index in [0.717, 1.165) is 36.1 Å². The van der Waals surface area contributed by atoms with Crippen LogP contribution in [0.5, 0.6) is 11.5 Å². The summed E-state index contributed by atoms with van der Waals surface area (Å²) < 4.78 is 11.4. The quantitative estimate of drug-likeness (QED) is 0.662. The molecule has 1 aromatic carbocycles. The Morgan fingerprint density at radius 1 is 1.13 bits per heavy atom. The number of guanidine groups is 1. The topological polar surface area (TPSA) is 54.9 Å². The molecule has 0 atom stereocenters. The molecule has 3 rings (SSSR count).